The van der Waals surface area contributed by atoms with Gasteiger partial charge in [-0.1, -0.05) is 18.2 Å². The number of hydrogen-bond acceptors (Lipinski definition) is 5. The summed E-state index contributed by atoms with van der Waals surface area (Å²) in [5, 5.41) is 2.94. The molecule has 164 valence electrons. The number of piperazine rings is 1. The topological polar surface area (TPSA) is 82.6 Å². The van der Waals surface area contributed by atoms with Gasteiger partial charge in [0.2, 0.25) is 11.8 Å². The Morgan fingerprint density at radius 3 is 2.61 bits per heavy atom. The number of carbonyl (C=O) groups excluding carboxylic acids is 3. The van der Waals surface area contributed by atoms with Crippen molar-refractivity contribution in [3.05, 3.63) is 52.4 Å². The summed E-state index contributed by atoms with van der Waals surface area (Å²) in [6.07, 6.45) is 2.61. The van der Waals surface area contributed by atoms with Gasteiger partial charge in [-0.2, -0.15) is 0 Å². The lowest BCUT2D eigenvalue weighted by Crippen LogP contribution is -2.56. The van der Waals surface area contributed by atoms with Crippen molar-refractivity contribution in [2.75, 3.05) is 20.1 Å². The first kappa shape index (κ1) is 22.9. The van der Waals surface area contributed by atoms with Crippen molar-refractivity contribution in [3.63, 3.8) is 0 Å². The molecule has 1 aromatic carbocycles. The van der Waals surface area contributed by atoms with Crippen LogP contribution in [-0.4, -0.2) is 58.7 Å². The maximum Gasteiger partial charge on any atom is 0.280 e. The molecule has 1 fully saturated rings. The fourth-order valence-corrected chi connectivity index (χ4v) is 4.91. The average Bonchev–Trinajstić information content (AvgIpc) is 3.23. The fourth-order valence-electron chi connectivity index (χ4n) is 3.81. The van der Waals surface area contributed by atoms with Crippen LogP contribution in [-0.2, 0) is 9.59 Å². The standard InChI is InChI=1S/C21H22ClFN4O3S/c1-5-17(29)26-6-7-27(12(3)28)19(11(26)2)15-9-13(22)8-14(18(15)23)16-10-25-21(31-16)20(30)24-4/h5,8-11,19H,1,6-7H2,2-4H3,(H,24,30)/t11-,19+/m1/s1. The van der Waals surface area contributed by atoms with Crippen LogP contribution in [0.25, 0.3) is 10.4 Å². The van der Waals surface area contributed by atoms with E-state index in [1.165, 1.54) is 38.4 Å². The fraction of sp³-hybridized carbons (Fsp3) is 0.333. The third-order valence-electron chi connectivity index (χ3n) is 5.30. The maximum atomic E-state index is 15.8. The van der Waals surface area contributed by atoms with Gasteiger partial charge in [0, 0.05) is 49.4 Å². The summed E-state index contributed by atoms with van der Waals surface area (Å²) in [7, 11) is 1.48. The molecule has 2 atom stereocenters. The van der Waals surface area contributed by atoms with Gasteiger partial charge < -0.3 is 15.1 Å². The number of amides is 3. The summed E-state index contributed by atoms with van der Waals surface area (Å²) < 4.78 is 15.8. The second kappa shape index (κ2) is 9.15. The molecule has 0 spiro atoms. The van der Waals surface area contributed by atoms with Crippen LogP contribution in [0, 0.1) is 5.82 Å². The van der Waals surface area contributed by atoms with E-state index in [4.69, 9.17) is 11.6 Å². The number of halogens is 2. The van der Waals surface area contributed by atoms with Gasteiger partial charge in [-0.15, -0.1) is 11.3 Å². The van der Waals surface area contributed by atoms with Gasteiger partial charge in [0.1, 0.15) is 5.82 Å². The van der Waals surface area contributed by atoms with E-state index >= 15 is 4.39 Å². The highest BCUT2D eigenvalue weighted by molar-refractivity contribution is 7.17. The van der Waals surface area contributed by atoms with Gasteiger partial charge in [0.25, 0.3) is 5.91 Å². The first-order valence-electron chi connectivity index (χ1n) is 9.57. The van der Waals surface area contributed by atoms with E-state index in [9.17, 15) is 14.4 Å². The highest BCUT2D eigenvalue weighted by Gasteiger charge is 2.39. The Kier molecular flexibility index (Phi) is 6.76. The summed E-state index contributed by atoms with van der Waals surface area (Å²) >= 11 is 7.36. The SMILES string of the molecule is C=CC(=O)N1CCN(C(C)=O)[C@H](c2cc(Cl)cc(-c3cnc(C(=O)NC)s3)c2F)[C@H]1C. The number of carbonyl (C=O) groups is 3. The third kappa shape index (κ3) is 4.33. The lowest BCUT2D eigenvalue weighted by molar-refractivity contribution is -0.143. The zero-order valence-corrected chi connectivity index (χ0v) is 18.9. The van der Waals surface area contributed by atoms with E-state index in [-0.39, 0.29) is 45.4 Å². The van der Waals surface area contributed by atoms with Crippen LogP contribution < -0.4 is 5.32 Å². The molecule has 1 saturated heterocycles. The van der Waals surface area contributed by atoms with Crippen LogP contribution in [0.3, 0.4) is 0 Å². The van der Waals surface area contributed by atoms with Gasteiger partial charge in [-0.25, -0.2) is 9.37 Å². The first-order valence-corrected chi connectivity index (χ1v) is 10.8. The number of nitrogens with zero attached hydrogens (tertiary/aromatic N) is 3. The quantitative estimate of drug-likeness (QED) is 0.704. The molecule has 7 nitrogen and oxygen atoms in total. The Bertz CT molecular complexity index is 1060. The van der Waals surface area contributed by atoms with Crippen LogP contribution in [0.15, 0.2) is 31.0 Å². The van der Waals surface area contributed by atoms with Crippen molar-refractivity contribution in [1.29, 1.82) is 0 Å². The molecule has 10 heteroatoms. The normalized spacial score (nSPS) is 18.6. The van der Waals surface area contributed by atoms with Gasteiger partial charge in [-0.3, -0.25) is 14.4 Å². The van der Waals surface area contributed by atoms with E-state index in [2.05, 4.69) is 16.9 Å². The second-order valence-electron chi connectivity index (χ2n) is 7.10. The molecule has 0 radical (unpaired) electrons. The van der Waals surface area contributed by atoms with Gasteiger partial charge in [-0.05, 0) is 25.1 Å². The summed E-state index contributed by atoms with van der Waals surface area (Å²) in [5.41, 5.74) is 0.375. The second-order valence-corrected chi connectivity index (χ2v) is 8.57. The monoisotopic (exact) mass is 464 g/mol. The number of thiazole rings is 1. The molecule has 2 heterocycles. The van der Waals surface area contributed by atoms with E-state index in [1.54, 1.807) is 16.7 Å². The number of aromatic nitrogens is 1. The molecule has 0 saturated carbocycles. The molecule has 31 heavy (non-hydrogen) atoms. The summed E-state index contributed by atoms with van der Waals surface area (Å²) in [6.45, 7) is 7.27. The molecular weight excluding hydrogens is 443 g/mol. The molecule has 0 bridgehead atoms. The average molecular weight is 465 g/mol. The van der Waals surface area contributed by atoms with Gasteiger partial charge >= 0.3 is 0 Å². The Morgan fingerprint density at radius 1 is 1.32 bits per heavy atom. The molecule has 2 aromatic rings. The minimum atomic E-state index is -0.737. The number of benzene rings is 1. The Morgan fingerprint density at radius 2 is 2.00 bits per heavy atom. The van der Waals surface area contributed by atoms with Crippen molar-refractivity contribution in [1.82, 2.24) is 20.1 Å². The van der Waals surface area contributed by atoms with Gasteiger partial charge in [0.05, 0.1) is 17.0 Å². The van der Waals surface area contributed by atoms with E-state index < -0.39 is 17.9 Å². The summed E-state index contributed by atoms with van der Waals surface area (Å²) in [4.78, 5) is 44.1. The van der Waals surface area contributed by atoms with Crippen LogP contribution in [0.5, 0.6) is 0 Å². The zero-order chi connectivity index (χ0) is 22.9. The highest BCUT2D eigenvalue weighted by atomic mass is 35.5. The lowest BCUT2D eigenvalue weighted by atomic mass is 9.92. The molecule has 3 amide bonds. The van der Waals surface area contributed by atoms with Gasteiger partial charge in [0.15, 0.2) is 5.01 Å². The molecule has 1 aromatic heterocycles. The Labute approximate surface area is 188 Å². The number of hydrogen-bond donors (Lipinski definition) is 1. The van der Waals surface area contributed by atoms with Crippen LogP contribution in [0.4, 0.5) is 4.39 Å². The number of rotatable bonds is 4. The maximum absolute atomic E-state index is 15.8. The van der Waals surface area contributed by atoms with E-state index in [0.717, 1.165) is 11.3 Å². The van der Waals surface area contributed by atoms with Crippen molar-refractivity contribution in [3.8, 4) is 10.4 Å². The highest BCUT2D eigenvalue weighted by Crippen LogP contribution is 2.39. The van der Waals surface area contributed by atoms with Crippen molar-refractivity contribution in [2.24, 2.45) is 0 Å². The molecule has 1 aliphatic rings. The van der Waals surface area contributed by atoms with E-state index in [0.29, 0.717) is 11.4 Å². The predicted molar refractivity (Wildman–Crippen MR) is 117 cm³/mol. The molecule has 0 unspecified atom stereocenters. The molecule has 3 rings (SSSR count). The minimum absolute atomic E-state index is 0.179. The van der Waals surface area contributed by atoms with Crippen molar-refractivity contribution in [2.45, 2.75) is 25.9 Å². The largest absolute Gasteiger partial charge is 0.353 e. The zero-order valence-electron chi connectivity index (χ0n) is 17.3. The van der Waals surface area contributed by atoms with Crippen molar-refractivity contribution < 1.29 is 18.8 Å². The van der Waals surface area contributed by atoms with Crippen LogP contribution in [0.2, 0.25) is 5.02 Å². The third-order valence-corrected chi connectivity index (χ3v) is 6.55. The Balaban J connectivity index is 2.12. The first-order chi connectivity index (χ1) is 14.7. The molecule has 0 aliphatic carbocycles. The molecule has 1 N–H and O–H groups in total. The molecule has 1 aliphatic heterocycles. The predicted octanol–water partition coefficient (Wildman–Crippen LogP) is 3.27. The number of nitrogens with one attached hydrogen (secondary N) is 1. The Hall–Kier alpha value is -2.78. The van der Waals surface area contributed by atoms with Crippen LogP contribution in [0.1, 0.15) is 35.3 Å². The van der Waals surface area contributed by atoms with Crippen molar-refractivity contribution >= 4 is 40.7 Å². The van der Waals surface area contributed by atoms with E-state index in [1.807, 2.05) is 0 Å². The molecular formula is C21H22ClFN4O3S. The van der Waals surface area contributed by atoms with Crippen LogP contribution >= 0.6 is 22.9 Å². The minimum Gasteiger partial charge on any atom is -0.353 e. The summed E-state index contributed by atoms with van der Waals surface area (Å²) in [6, 6.07) is 1.69. The summed E-state index contributed by atoms with van der Waals surface area (Å²) in [5.74, 6) is -1.47. The lowest BCUT2D eigenvalue weighted by Gasteiger charge is -2.46. The smallest absolute Gasteiger partial charge is 0.280 e.